The molecule has 0 aliphatic carbocycles. The molecule has 27 heavy (non-hydrogen) atoms. The Balaban J connectivity index is 1.65. The number of ketones is 1. The average Bonchev–Trinajstić information content (AvgIpc) is 2.97. The van der Waals surface area contributed by atoms with Crippen LogP contribution in [0.4, 0.5) is 5.82 Å². The van der Waals surface area contributed by atoms with Gasteiger partial charge in [0.15, 0.2) is 5.78 Å². The van der Waals surface area contributed by atoms with Gasteiger partial charge in [-0.15, -0.1) is 0 Å². The Morgan fingerprint density at radius 3 is 2.63 bits per heavy atom. The predicted octanol–water partition coefficient (Wildman–Crippen LogP) is 2.50. The monoisotopic (exact) mass is 365 g/mol. The van der Waals surface area contributed by atoms with Crippen molar-refractivity contribution in [2.24, 2.45) is 0 Å². The molecule has 2 N–H and O–H groups in total. The summed E-state index contributed by atoms with van der Waals surface area (Å²) in [5.74, 6) is 0.475. The Kier molecular flexibility index (Phi) is 5.26. The van der Waals surface area contributed by atoms with E-state index in [1.165, 1.54) is 6.92 Å². The molecule has 3 rings (SSSR count). The largest absolute Gasteiger partial charge is 0.355 e. The number of nitriles is 1. The van der Waals surface area contributed by atoms with Crippen molar-refractivity contribution < 1.29 is 9.59 Å². The zero-order valence-electron chi connectivity index (χ0n) is 15.8. The second-order valence-electron chi connectivity index (χ2n) is 6.90. The molecule has 1 amide bonds. The number of H-pyrrole nitrogens is 1. The molecule has 2 aromatic rings. The molecule has 0 radical (unpaired) electrons. The van der Waals surface area contributed by atoms with Crippen molar-refractivity contribution in [3.05, 3.63) is 46.4 Å². The molecule has 0 spiro atoms. The lowest BCUT2D eigenvalue weighted by Gasteiger charge is -2.33. The molecule has 0 aromatic carbocycles. The summed E-state index contributed by atoms with van der Waals surface area (Å²) in [6.45, 7) is 6.54. The third-order valence-corrected chi connectivity index (χ3v) is 5.05. The SMILES string of the molecule is CC(=O)c1[nH]c(C)c(C(=O)NC2CCN(c3ncccc3C#N)CC2)c1C. The van der Waals surface area contributed by atoms with Gasteiger partial charge in [-0.3, -0.25) is 9.59 Å². The molecule has 0 saturated carbocycles. The molecule has 140 valence electrons. The summed E-state index contributed by atoms with van der Waals surface area (Å²) in [7, 11) is 0. The number of carbonyl (C=O) groups excluding carboxylic acids is 2. The molecule has 1 fully saturated rings. The van der Waals surface area contributed by atoms with Gasteiger partial charge in [-0.25, -0.2) is 4.98 Å². The van der Waals surface area contributed by atoms with Crippen molar-refractivity contribution in [2.45, 2.75) is 39.7 Å². The quantitative estimate of drug-likeness (QED) is 0.811. The fraction of sp³-hybridized carbons (Fsp3) is 0.400. The van der Waals surface area contributed by atoms with Crippen LogP contribution in [-0.2, 0) is 0 Å². The van der Waals surface area contributed by atoms with Gasteiger partial charge < -0.3 is 15.2 Å². The van der Waals surface area contributed by atoms with Gasteiger partial charge in [-0.2, -0.15) is 5.26 Å². The second-order valence-corrected chi connectivity index (χ2v) is 6.90. The van der Waals surface area contributed by atoms with E-state index >= 15 is 0 Å². The van der Waals surface area contributed by atoms with Crippen LogP contribution in [0.25, 0.3) is 0 Å². The summed E-state index contributed by atoms with van der Waals surface area (Å²) in [5, 5.41) is 12.3. The molecule has 0 bridgehead atoms. The lowest BCUT2D eigenvalue weighted by atomic mass is 10.0. The van der Waals surface area contributed by atoms with Gasteiger partial charge in [0.1, 0.15) is 11.9 Å². The van der Waals surface area contributed by atoms with Crippen LogP contribution in [0.5, 0.6) is 0 Å². The fourth-order valence-corrected chi connectivity index (χ4v) is 3.67. The standard InChI is InChI=1S/C20H23N5O2/c1-12-17(13(2)23-18(12)14(3)26)20(27)24-16-6-9-25(10-7-16)19-15(11-21)5-4-8-22-19/h4-5,8,16,23H,6-7,9-10H2,1-3H3,(H,24,27). The predicted molar refractivity (Wildman–Crippen MR) is 102 cm³/mol. The van der Waals surface area contributed by atoms with Crippen molar-refractivity contribution >= 4 is 17.5 Å². The number of anilines is 1. The summed E-state index contributed by atoms with van der Waals surface area (Å²) in [5.41, 5.74) is 3.02. The van der Waals surface area contributed by atoms with Crippen LogP contribution in [-0.4, -0.2) is 40.8 Å². The fourth-order valence-electron chi connectivity index (χ4n) is 3.67. The number of carbonyl (C=O) groups is 2. The number of pyridine rings is 1. The minimum Gasteiger partial charge on any atom is -0.355 e. The smallest absolute Gasteiger partial charge is 0.253 e. The number of aromatic amines is 1. The van der Waals surface area contributed by atoms with Gasteiger partial charge in [-0.05, 0) is 44.4 Å². The molecular weight excluding hydrogens is 342 g/mol. The molecule has 1 saturated heterocycles. The van der Waals surface area contributed by atoms with Crippen molar-refractivity contribution in [1.29, 1.82) is 5.26 Å². The number of nitrogens with zero attached hydrogens (tertiary/aromatic N) is 3. The second kappa shape index (κ2) is 7.62. The minimum atomic E-state index is -0.150. The van der Waals surface area contributed by atoms with E-state index < -0.39 is 0 Å². The molecule has 2 aromatic heterocycles. The molecular formula is C20H23N5O2. The lowest BCUT2D eigenvalue weighted by molar-refractivity contribution is 0.0930. The lowest BCUT2D eigenvalue weighted by Crippen LogP contribution is -2.45. The van der Waals surface area contributed by atoms with Gasteiger partial charge in [0, 0.05) is 37.9 Å². The number of aromatic nitrogens is 2. The zero-order chi connectivity index (χ0) is 19.6. The Labute approximate surface area is 158 Å². The number of amides is 1. The molecule has 1 aliphatic heterocycles. The molecule has 7 heteroatoms. The van der Waals surface area contributed by atoms with Crippen LogP contribution in [0, 0.1) is 25.2 Å². The van der Waals surface area contributed by atoms with Crippen LogP contribution in [0.1, 0.15) is 57.4 Å². The van der Waals surface area contributed by atoms with Crippen molar-refractivity contribution in [3.8, 4) is 6.07 Å². The maximum Gasteiger partial charge on any atom is 0.253 e. The summed E-state index contributed by atoms with van der Waals surface area (Å²) in [6, 6.07) is 5.75. The van der Waals surface area contributed by atoms with Crippen LogP contribution in [0.15, 0.2) is 18.3 Å². The first-order valence-electron chi connectivity index (χ1n) is 9.03. The third-order valence-electron chi connectivity index (χ3n) is 5.05. The first-order valence-corrected chi connectivity index (χ1v) is 9.03. The van der Waals surface area contributed by atoms with E-state index in [0.29, 0.717) is 33.9 Å². The maximum atomic E-state index is 12.7. The van der Waals surface area contributed by atoms with Crippen molar-refractivity contribution in [3.63, 3.8) is 0 Å². The molecule has 0 unspecified atom stereocenters. The van der Waals surface area contributed by atoms with Gasteiger partial charge in [0.05, 0.1) is 16.8 Å². The summed E-state index contributed by atoms with van der Waals surface area (Å²) < 4.78 is 0. The number of nitrogens with one attached hydrogen (secondary N) is 2. The van der Waals surface area contributed by atoms with E-state index in [1.54, 1.807) is 32.2 Å². The minimum absolute atomic E-state index is 0.0532. The van der Waals surface area contributed by atoms with Crippen molar-refractivity contribution in [2.75, 3.05) is 18.0 Å². The Hall–Kier alpha value is -3.14. The molecule has 3 heterocycles. The number of rotatable bonds is 4. The van der Waals surface area contributed by atoms with E-state index in [9.17, 15) is 14.9 Å². The normalized spacial score (nSPS) is 14.7. The molecule has 0 atom stereocenters. The van der Waals surface area contributed by atoms with Gasteiger partial charge in [0.2, 0.25) is 0 Å². The first kappa shape index (κ1) is 18.6. The zero-order valence-corrected chi connectivity index (χ0v) is 15.8. The van der Waals surface area contributed by atoms with Gasteiger partial charge >= 0.3 is 0 Å². The van der Waals surface area contributed by atoms with E-state index in [-0.39, 0.29) is 17.7 Å². The highest BCUT2D eigenvalue weighted by atomic mass is 16.2. The number of aryl methyl sites for hydroxylation is 1. The highest BCUT2D eigenvalue weighted by molar-refractivity contribution is 6.02. The third kappa shape index (κ3) is 3.70. The highest BCUT2D eigenvalue weighted by Gasteiger charge is 2.26. The van der Waals surface area contributed by atoms with E-state index in [1.807, 2.05) is 0 Å². The Bertz CT molecular complexity index is 917. The van der Waals surface area contributed by atoms with Crippen LogP contribution in [0.3, 0.4) is 0 Å². The van der Waals surface area contributed by atoms with E-state index in [2.05, 4.69) is 26.3 Å². The molecule has 7 nitrogen and oxygen atoms in total. The van der Waals surface area contributed by atoms with E-state index in [4.69, 9.17) is 0 Å². The van der Waals surface area contributed by atoms with Crippen molar-refractivity contribution in [1.82, 2.24) is 15.3 Å². The summed E-state index contributed by atoms with van der Waals surface area (Å²) in [6.07, 6.45) is 3.23. The maximum absolute atomic E-state index is 12.7. The van der Waals surface area contributed by atoms with Crippen LogP contribution < -0.4 is 10.2 Å². The number of hydrogen-bond donors (Lipinski definition) is 2. The summed E-state index contributed by atoms with van der Waals surface area (Å²) in [4.78, 5) is 33.8. The topological polar surface area (TPSA) is 102 Å². The van der Waals surface area contributed by atoms with Crippen LogP contribution >= 0.6 is 0 Å². The summed E-state index contributed by atoms with van der Waals surface area (Å²) >= 11 is 0. The average molecular weight is 365 g/mol. The van der Waals surface area contributed by atoms with E-state index in [0.717, 1.165) is 25.9 Å². The van der Waals surface area contributed by atoms with Crippen LogP contribution in [0.2, 0.25) is 0 Å². The number of piperidine rings is 1. The highest BCUT2D eigenvalue weighted by Crippen LogP contribution is 2.23. The van der Waals surface area contributed by atoms with Gasteiger partial charge in [-0.1, -0.05) is 0 Å². The Morgan fingerprint density at radius 1 is 1.33 bits per heavy atom. The molecule has 1 aliphatic rings. The number of Topliss-reactive ketones (excluding diaryl/α,β-unsaturated/α-hetero) is 1. The van der Waals surface area contributed by atoms with Gasteiger partial charge in [0.25, 0.3) is 5.91 Å². The Morgan fingerprint density at radius 2 is 2.04 bits per heavy atom. The number of hydrogen-bond acceptors (Lipinski definition) is 5. The first-order chi connectivity index (χ1) is 12.9.